The van der Waals surface area contributed by atoms with Gasteiger partial charge in [0.2, 0.25) is 0 Å². The van der Waals surface area contributed by atoms with Gasteiger partial charge in [0.25, 0.3) is 0 Å². The van der Waals surface area contributed by atoms with Crippen LogP contribution in [-0.2, 0) is 6.54 Å². The maximum Gasteiger partial charge on any atom is 0.0648 e. The van der Waals surface area contributed by atoms with E-state index in [0.717, 1.165) is 36.8 Å². The molecule has 1 aliphatic rings. The summed E-state index contributed by atoms with van der Waals surface area (Å²) in [5.41, 5.74) is 2.43. The third-order valence-corrected chi connectivity index (χ3v) is 4.80. The molecule has 4 heteroatoms. The molecule has 1 heterocycles. The van der Waals surface area contributed by atoms with Crippen LogP contribution in [0.2, 0.25) is 5.02 Å². The average Bonchev–Trinajstić information content (AvgIpc) is 2.90. The van der Waals surface area contributed by atoms with Gasteiger partial charge in [-0.2, -0.15) is 0 Å². The summed E-state index contributed by atoms with van der Waals surface area (Å²) in [5, 5.41) is 4.38. The Morgan fingerprint density at radius 1 is 1.19 bits per heavy atom. The number of rotatable bonds is 4. The zero-order valence-corrected chi connectivity index (χ0v) is 14.6. The molecule has 0 saturated carbocycles. The molecule has 0 radical (unpaired) electrons. The highest BCUT2D eigenvalue weighted by molar-refractivity contribution is 14.1. The summed E-state index contributed by atoms with van der Waals surface area (Å²) >= 11 is 8.58. The lowest BCUT2D eigenvalue weighted by atomic mass is 10.2. The van der Waals surface area contributed by atoms with E-state index in [4.69, 9.17) is 11.6 Å². The summed E-state index contributed by atoms with van der Waals surface area (Å²) in [6, 6.07) is 17.3. The molecule has 1 N–H and O–H groups in total. The van der Waals surface area contributed by atoms with Gasteiger partial charge in [0.15, 0.2) is 0 Å². The van der Waals surface area contributed by atoms with Gasteiger partial charge < -0.3 is 5.32 Å². The highest BCUT2D eigenvalue weighted by Gasteiger charge is 2.22. The molecular weight excluding hydrogens is 395 g/mol. The minimum atomic E-state index is 0.478. The van der Waals surface area contributed by atoms with Crippen molar-refractivity contribution < 1.29 is 0 Å². The Bertz CT molecular complexity index is 603. The Morgan fingerprint density at radius 2 is 2.00 bits per heavy atom. The van der Waals surface area contributed by atoms with Gasteiger partial charge in [0, 0.05) is 29.2 Å². The van der Waals surface area contributed by atoms with Gasteiger partial charge in [0.1, 0.15) is 0 Å². The smallest absolute Gasteiger partial charge is 0.0648 e. The lowest BCUT2D eigenvalue weighted by Gasteiger charge is -2.18. The molecule has 110 valence electrons. The number of hydrogen-bond donors (Lipinski definition) is 1. The van der Waals surface area contributed by atoms with Gasteiger partial charge in [-0.3, -0.25) is 4.90 Å². The maximum absolute atomic E-state index is 6.29. The summed E-state index contributed by atoms with van der Waals surface area (Å²) in [6.45, 7) is 3.23. The Labute approximate surface area is 144 Å². The molecule has 1 unspecified atom stereocenters. The summed E-state index contributed by atoms with van der Waals surface area (Å²) in [7, 11) is 0. The van der Waals surface area contributed by atoms with Gasteiger partial charge in [0.05, 0.1) is 10.7 Å². The van der Waals surface area contributed by atoms with Crippen LogP contribution >= 0.6 is 34.2 Å². The van der Waals surface area contributed by atoms with Crippen molar-refractivity contribution in [1.29, 1.82) is 0 Å². The fourth-order valence-electron chi connectivity index (χ4n) is 2.76. The SMILES string of the molecule is Clc1cc(I)ccc1NC1CCN(Cc2ccccc2)C1. The predicted molar refractivity (Wildman–Crippen MR) is 97.9 cm³/mol. The van der Waals surface area contributed by atoms with Crippen molar-refractivity contribution in [3.05, 3.63) is 62.7 Å². The van der Waals surface area contributed by atoms with Crippen LogP contribution in [0.5, 0.6) is 0 Å². The van der Waals surface area contributed by atoms with Crippen LogP contribution < -0.4 is 5.32 Å². The van der Waals surface area contributed by atoms with E-state index in [9.17, 15) is 0 Å². The molecule has 0 bridgehead atoms. The second-order valence-corrected chi connectivity index (χ2v) is 7.13. The van der Waals surface area contributed by atoms with Crippen molar-refractivity contribution in [2.24, 2.45) is 0 Å². The van der Waals surface area contributed by atoms with E-state index in [0.29, 0.717) is 6.04 Å². The zero-order valence-electron chi connectivity index (χ0n) is 11.7. The van der Waals surface area contributed by atoms with E-state index in [1.54, 1.807) is 0 Å². The van der Waals surface area contributed by atoms with E-state index in [1.165, 1.54) is 9.13 Å². The van der Waals surface area contributed by atoms with Gasteiger partial charge in [-0.1, -0.05) is 41.9 Å². The molecule has 0 aliphatic carbocycles. The van der Waals surface area contributed by atoms with Gasteiger partial charge >= 0.3 is 0 Å². The number of nitrogens with zero attached hydrogens (tertiary/aromatic N) is 1. The number of anilines is 1. The number of halogens is 2. The average molecular weight is 413 g/mol. The summed E-state index contributed by atoms with van der Waals surface area (Å²) in [5.74, 6) is 0. The van der Waals surface area contributed by atoms with E-state index in [1.807, 2.05) is 6.07 Å². The van der Waals surface area contributed by atoms with Crippen molar-refractivity contribution in [2.45, 2.75) is 19.0 Å². The van der Waals surface area contributed by atoms with Crippen LogP contribution in [0.4, 0.5) is 5.69 Å². The number of likely N-dealkylation sites (tertiary alicyclic amines) is 1. The molecule has 21 heavy (non-hydrogen) atoms. The fraction of sp³-hybridized carbons (Fsp3) is 0.294. The lowest BCUT2D eigenvalue weighted by molar-refractivity contribution is 0.328. The molecular formula is C17H18ClIN2. The second kappa shape index (κ2) is 6.99. The Kier molecular flexibility index (Phi) is 5.03. The van der Waals surface area contributed by atoms with Crippen LogP contribution in [0.25, 0.3) is 0 Å². The molecule has 1 atom stereocenters. The number of hydrogen-bond acceptors (Lipinski definition) is 2. The predicted octanol–water partition coefficient (Wildman–Crippen LogP) is 4.63. The molecule has 2 aromatic carbocycles. The van der Waals surface area contributed by atoms with E-state index in [-0.39, 0.29) is 0 Å². The first-order valence-corrected chi connectivity index (χ1v) is 8.64. The number of nitrogens with one attached hydrogen (secondary N) is 1. The second-order valence-electron chi connectivity index (χ2n) is 5.47. The molecule has 0 aromatic heterocycles. The zero-order chi connectivity index (χ0) is 14.7. The molecule has 1 saturated heterocycles. The summed E-state index contributed by atoms with van der Waals surface area (Å²) in [6.07, 6.45) is 1.16. The highest BCUT2D eigenvalue weighted by atomic mass is 127. The quantitative estimate of drug-likeness (QED) is 0.737. The van der Waals surface area contributed by atoms with E-state index in [2.05, 4.69) is 75.3 Å². The van der Waals surface area contributed by atoms with Crippen molar-refractivity contribution in [3.63, 3.8) is 0 Å². The fourth-order valence-corrected chi connectivity index (χ4v) is 3.67. The van der Waals surface area contributed by atoms with Gasteiger partial charge in [-0.15, -0.1) is 0 Å². The first-order valence-electron chi connectivity index (χ1n) is 7.18. The highest BCUT2D eigenvalue weighted by Crippen LogP contribution is 2.26. The standard InChI is InChI=1S/C17H18ClIN2/c18-16-10-14(19)6-7-17(16)20-15-8-9-21(12-15)11-13-4-2-1-3-5-13/h1-7,10,15,20H,8-9,11-12H2. The largest absolute Gasteiger partial charge is 0.380 e. The molecule has 2 nitrogen and oxygen atoms in total. The maximum atomic E-state index is 6.29. The molecule has 3 rings (SSSR count). The lowest BCUT2D eigenvalue weighted by Crippen LogP contribution is -2.26. The topological polar surface area (TPSA) is 15.3 Å². The van der Waals surface area contributed by atoms with Gasteiger partial charge in [-0.05, 0) is 52.8 Å². The van der Waals surface area contributed by atoms with Gasteiger partial charge in [-0.25, -0.2) is 0 Å². The first kappa shape index (κ1) is 15.1. The third-order valence-electron chi connectivity index (χ3n) is 3.81. The van der Waals surface area contributed by atoms with Crippen LogP contribution in [0, 0.1) is 3.57 Å². The Morgan fingerprint density at radius 3 is 2.76 bits per heavy atom. The van der Waals surface area contributed by atoms with Crippen molar-refractivity contribution >= 4 is 39.9 Å². The van der Waals surface area contributed by atoms with Crippen LogP contribution in [0.15, 0.2) is 48.5 Å². The molecule has 1 aliphatic heterocycles. The van der Waals surface area contributed by atoms with Crippen LogP contribution in [0.3, 0.4) is 0 Å². The van der Waals surface area contributed by atoms with Crippen molar-refractivity contribution in [3.8, 4) is 0 Å². The molecule has 1 fully saturated rings. The Hall–Kier alpha value is -0.780. The van der Waals surface area contributed by atoms with Crippen molar-refractivity contribution in [2.75, 3.05) is 18.4 Å². The Balaban J connectivity index is 1.57. The third kappa shape index (κ3) is 4.11. The number of benzene rings is 2. The van der Waals surface area contributed by atoms with E-state index >= 15 is 0 Å². The molecule has 0 amide bonds. The first-order chi connectivity index (χ1) is 10.2. The van der Waals surface area contributed by atoms with Crippen molar-refractivity contribution in [1.82, 2.24) is 4.90 Å². The molecule has 2 aromatic rings. The summed E-state index contributed by atoms with van der Waals surface area (Å²) in [4.78, 5) is 2.49. The monoisotopic (exact) mass is 412 g/mol. The van der Waals surface area contributed by atoms with Crippen LogP contribution in [-0.4, -0.2) is 24.0 Å². The minimum Gasteiger partial charge on any atom is -0.380 e. The van der Waals surface area contributed by atoms with E-state index < -0.39 is 0 Å². The molecule has 0 spiro atoms. The normalized spacial score (nSPS) is 18.9. The minimum absolute atomic E-state index is 0.478. The summed E-state index contributed by atoms with van der Waals surface area (Å²) < 4.78 is 1.17. The van der Waals surface area contributed by atoms with Crippen LogP contribution in [0.1, 0.15) is 12.0 Å².